The van der Waals surface area contributed by atoms with Gasteiger partial charge in [-0.1, -0.05) is 31.5 Å². The molecule has 2 amide bonds. The third-order valence-corrected chi connectivity index (χ3v) is 4.80. The van der Waals surface area contributed by atoms with E-state index in [0.717, 1.165) is 12.8 Å². The van der Waals surface area contributed by atoms with Crippen LogP contribution in [0.3, 0.4) is 0 Å². The van der Waals surface area contributed by atoms with E-state index in [2.05, 4.69) is 22.9 Å². The molecular formula is C25H24FN3O3S. The van der Waals surface area contributed by atoms with Gasteiger partial charge in [0.15, 0.2) is 5.11 Å². The molecule has 0 saturated heterocycles. The quantitative estimate of drug-likeness (QED) is 0.307. The van der Waals surface area contributed by atoms with Crippen LogP contribution in [0.4, 0.5) is 15.8 Å². The average molecular weight is 466 g/mol. The molecule has 0 heterocycles. The molecule has 0 aliphatic rings. The Balaban J connectivity index is 1.61. The summed E-state index contributed by atoms with van der Waals surface area (Å²) in [5, 5.41) is 8.32. The van der Waals surface area contributed by atoms with Crippen molar-refractivity contribution in [3.05, 3.63) is 89.7 Å². The van der Waals surface area contributed by atoms with Gasteiger partial charge in [-0.15, -0.1) is 0 Å². The molecule has 6 nitrogen and oxygen atoms in total. The van der Waals surface area contributed by atoms with Gasteiger partial charge >= 0.3 is 0 Å². The van der Waals surface area contributed by atoms with Crippen LogP contribution in [0.25, 0.3) is 0 Å². The number of carbonyl (C=O) groups is 2. The molecular weight excluding hydrogens is 441 g/mol. The fourth-order valence-electron chi connectivity index (χ4n) is 2.91. The summed E-state index contributed by atoms with van der Waals surface area (Å²) < 4.78 is 18.7. The Morgan fingerprint density at radius 1 is 0.909 bits per heavy atom. The van der Waals surface area contributed by atoms with Crippen LogP contribution >= 0.6 is 12.2 Å². The standard InChI is InChI=1S/C25H24FN3O3S/c1-2-3-15-32-22-10-5-4-9-21(22)24(31)29-25(33)28-20-8-6-7-17(16-20)23(30)27-19-13-11-18(26)12-14-19/h4-14,16H,2-3,15H2,1H3,(H,27,30)(H2,28,29,31,33). The van der Waals surface area contributed by atoms with E-state index in [0.29, 0.717) is 34.9 Å². The van der Waals surface area contributed by atoms with Crippen LogP contribution in [0.15, 0.2) is 72.8 Å². The lowest BCUT2D eigenvalue weighted by atomic mass is 10.1. The zero-order valence-electron chi connectivity index (χ0n) is 18.1. The predicted octanol–water partition coefficient (Wildman–Crippen LogP) is 5.38. The molecule has 0 spiro atoms. The lowest BCUT2D eigenvalue weighted by Crippen LogP contribution is -2.34. The van der Waals surface area contributed by atoms with Gasteiger partial charge < -0.3 is 15.4 Å². The van der Waals surface area contributed by atoms with Gasteiger partial charge in [-0.2, -0.15) is 0 Å². The minimum Gasteiger partial charge on any atom is -0.493 e. The Hall–Kier alpha value is -3.78. The summed E-state index contributed by atoms with van der Waals surface area (Å²) in [4.78, 5) is 25.2. The SMILES string of the molecule is CCCCOc1ccccc1C(=O)NC(=S)Nc1cccc(C(=O)Nc2ccc(F)cc2)c1. The summed E-state index contributed by atoms with van der Waals surface area (Å²) in [6, 6.07) is 19.1. The molecule has 0 aromatic heterocycles. The first-order valence-electron chi connectivity index (χ1n) is 10.5. The summed E-state index contributed by atoms with van der Waals surface area (Å²) in [6.45, 7) is 2.59. The molecule has 0 bridgehead atoms. The predicted molar refractivity (Wildman–Crippen MR) is 131 cm³/mol. The van der Waals surface area contributed by atoms with Gasteiger partial charge in [-0.3, -0.25) is 14.9 Å². The Morgan fingerprint density at radius 3 is 2.42 bits per heavy atom. The fourth-order valence-corrected chi connectivity index (χ4v) is 3.12. The van der Waals surface area contributed by atoms with Crippen molar-refractivity contribution in [3.8, 4) is 5.75 Å². The molecule has 3 rings (SSSR count). The summed E-state index contributed by atoms with van der Waals surface area (Å²) in [5.74, 6) is -0.654. The molecule has 3 N–H and O–H groups in total. The Labute approximate surface area is 197 Å². The van der Waals surface area contributed by atoms with Crippen molar-refractivity contribution in [2.75, 3.05) is 17.2 Å². The number of amides is 2. The molecule has 0 atom stereocenters. The Morgan fingerprint density at radius 2 is 1.67 bits per heavy atom. The molecule has 0 radical (unpaired) electrons. The van der Waals surface area contributed by atoms with E-state index in [9.17, 15) is 14.0 Å². The molecule has 3 aromatic rings. The molecule has 8 heteroatoms. The smallest absolute Gasteiger partial charge is 0.261 e. The molecule has 0 saturated carbocycles. The van der Waals surface area contributed by atoms with E-state index in [1.807, 2.05) is 0 Å². The average Bonchev–Trinajstić information content (AvgIpc) is 2.81. The second-order valence-corrected chi connectivity index (χ2v) is 7.56. The molecule has 3 aromatic carbocycles. The van der Waals surface area contributed by atoms with Gasteiger partial charge in [0.2, 0.25) is 0 Å². The third-order valence-electron chi connectivity index (χ3n) is 4.60. The number of halogens is 1. The van der Waals surface area contributed by atoms with Crippen LogP contribution in [0.2, 0.25) is 0 Å². The van der Waals surface area contributed by atoms with Crippen molar-refractivity contribution in [1.29, 1.82) is 0 Å². The first kappa shape index (κ1) is 23.9. The highest BCUT2D eigenvalue weighted by molar-refractivity contribution is 7.80. The number of rotatable bonds is 8. The van der Waals surface area contributed by atoms with Crippen LogP contribution in [-0.4, -0.2) is 23.5 Å². The lowest BCUT2D eigenvalue weighted by Gasteiger charge is -2.13. The van der Waals surface area contributed by atoms with Crippen LogP contribution < -0.4 is 20.7 Å². The number of ether oxygens (including phenoxy) is 1. The number of nitrogens with one attached hydrogen (secondary N) is 3. The maximum atomic E-state index is 13.0. The molecule has 0 unspecified atom stereocenters. The number of benzene rings is 3. The fraction of sp³-hybridized carbons (Fsp3) is 0.160. The molecule has 0 aliphatic heterocycles. The minimum atomic E-state index is -0.398. The van der Waals surface area contributed by atoms with Crippen LogP contribution in [0, 0.1) is 5.82 Å². The maximum Gasteiger partial charge on any atom is 0.261 e. The normalized spacial score (nSPS) is 10.2. The summed E-state index contributed by atoms with van der Waals surface area (Å²) >= 11 is 5.27. The Kier molecular flexibility index (Phi) is 8.49. The van der Waals surface area contributed by atoms with Crippen molar-refractivity contribution >= 4 is 40.5 Å². The molecule has 0 fully saturated rings. The van der Waals surface area contributed by atoms with E-state index >= 15 is 0 Å². The highest BCUT2D eigenvalue weighted by Crippen LogP contribution is 2.19. The van der Waals surface area contributed by atoms with Gasteiger partial charge in [-0.05, 0) is 73.2 Å². The van der Waals surface area contributed by atoms with Gasteiger partial charge in [0.1, 0.15) is 11.6 Å². The topological polar surface area (TPSA) is 79.5 Å². The van der Waals surface area contributed by atoms with Crippen LogP contribution in [0.5, 0.6) is 5.75 Å². The molecule has 170 valence electrons. The second-order valence-electron chi connectivity index (χ2n) is 7.15. The van der Waals surface area contributed by atoms with E-state index in [-0.39, 0.29) is 16.8 Å². The van der Waals surface area contributed by atoms with E-state index in [1.165, 1.54) is 24.3 Å². The lowest BCUT2D eigenvalue weighted by molar-refractivity contribution is 0.0972. The maximum absolute atomic E-state index is 13.0. The monoisotopic (exact) mass is 465 g/mol. The summed E-state index contributed by atoms with van der Waals surface area (Å²) in [6.07, 6.45) is 1.88. The van der Waals surface area contributed by atoms with Crippen molar-refractivity contribution in [1.82, 2.24) is 5.32 Å². The number of unbranched alkanes of at least 4 members (excludes halogenated alkanes) is 1. The highest BCUT2D eigenvalue weighted by Gasteiger charge is 2.14. The zero-order valence-corrected chi connectivity index (χ0v) is 18.9. The first-order chi connectivity index (χ1) is 16.0. The van der Waals surface area contributed by atoms with Crippen molar-refractivity contribution in [2.24, 2.45) is 0 Å². The van der Waals surface area contributed by atoms with Gasteiger partial charge in [0.25, 0.3) is 11.8 Å². The third kappa shape index (κ3) is 7.11. The molecule has 33 heavy (non-hydrogen) atoms. The number of hydrogen-bond acceptors (Lipinski definition) is 4. The largest absolute Gasteiger partial charge is 0.493 e. The van der Waals surface area contributed by atoms with Gasteiger partial charge in [0.05, 0.1) is 12.2 Å². The zero-order chi connectivity index (χ0) is 23.6. The van der Waals surface area contributed by atoms with Crippen LogP contribution in [-0.2, 0) is 0 Å². The van der Waals surface area contributed by atoms with E-state index < -0.39 is 5.91 Å². The van der Waals surface area contributed by atoms with E-state index in [1.54, 1.807) is 48.5 Å². The van der Waals surface area contributed by atoms with Gasteiger partial charge in [-0.25, -0.2) is 4.39 Å². The first-order valence-corrected chi connectivity index (χ1v) is 10.9. The van der Waals surface area contributed by atoms with E-state index in [4.69, 9.17) is 17.0 Å². The Bertz CT molecular complexity index is 1140. The minimum absolute atomic E-state index is 0.0828. The number of anilines is 2. The summed E-state index contributed by atoms with van der Waals surface area (Å²) in [5.41, 5.74) is 1.75. The summed E-state index contributed by atoms with van der Waals surface area (Å²) in [7, 11) is 0. The number of hydrogen-bond donors (Lipinski definition) is 3. The second kappa shape index (κ2) is 11.7. The van der Waals surface area contributed by atoms with Gasteiger partial charge in [0, 0.05) is 16.9 Å². The molecule has 0 aliphatic carbocycles. The van der Waals surface area contributed by atoms with Crippen LogP contribution in [0.1, 0.15) is 40.5 Å². The number of carbonyl (C=O) groups excluding carboxylic acids is 2. The van der Waals surface area contributed by atoms with Crippen molar-refractivity contribution in [3.63, 3.8) is 0 Å². The van der Waals surface area contributed by atoms with Crippen molar-refractivity contribution < 1.29 is 18.7 Å². The van der Waals surface area contributed by atoms with Crippen molar-refractivity contribution in [2.45, 2.75) is 19.8 Å². The highest BCUT2D eigenvalue weighted by atomic mass is 32.1. The number of thiocarbonyl (C=S) groups is 1. The number of para-hydroxylation sites is 1.